The van der Waals surface area contributed by atoms with Crippen LogP contribution in [0.2, 0.25) is 5.02 Å². The van der Waals surface area contributed by atoms with Crippen LogP contribution < -0.4 is 9.47 Å². The van der Waals surface area contributed by atoms with E-state index in [0.717, 1.165) is 11.1 Å². The van der Waals surface area contributed by atoms with E-state index in [0.29, 0.717) is 23.1 Å². The maximum Gasteiger partial charge on any atom is 0.331 e. The lowest BCUT2D eigenvalue weighted by molar-refractivity contribution is -0.140. The molecule has 0 fully saturated rings. The summed E-state index contributed by atoms with van der Waals surface area (Å²) >= 11 is 5.85. The third kappa shape index (κ3) is 5.30. The summed E-state index contributed by atoms with van der Waals surface area (Å²) < 4.78 is 11.1. The predicted molar refractivity (Wildman–Crippen MR) is 88.1 cm³/mol. The molecule has 0 atom stereocenters. The molecule has 0 aromatic heterocycles. The van der Waals surface area contributed by atoms with Crippen LogP contribution in [0.1, 0.15) is 18.1 Å². The molecule has 0 aliphatic heterocycles. The lowest BCUT2D eigenvalue weighted by Gasteiger charge is -2.11. The van der Waals surface area contributed by atoms with E-state index in [4.69, 9.17) is 21.1 Å². The molecule has 2 rings (SSSR count). The number of carbonyl (C=O) groups excluding carboxylic acids is 1. The molecule has 0 saturated carbocycles. The minimum Gasteiger partial charge on any atom is -0.493 e. The number of hydrogen-bond acceptors (Lipinski definition) is 5. The van der Waals surface area contributed by atoms with Crippen LogP contribution in [0.4, 0.5) is 0 Å². The fraction of sp³-hybridized carbons (Fsp3) is 0.176. The van der Waals surface area contributed by atoms with Crippen molar-refractivity contribution >= 4 is 23.8 Å². The maximum absolute atomic E-state index is 10.7. The van der Waals surface area contributed by atoms with E-state index in [1.807, 2.05) is 24.3 Å². The Morgan fingerprint density at radius 1 is 1.17 bits per heavy atom. The van der Waals surface area contributed by atoms with Gasteiger partial charge in [0.1, 0.15) is 6.61 Å². The van der Waals surface area contributed by atoms with Gasteiger partial charge in [-0.3, -0.25) is 0 Å². The molecule has 0 bridgehead atoms. The monoisotopic (exact) mass is 333 g/mol. The molecule has 0 unspecified atom stereocenters. The molecule has 120 valence electrons. The minimum atomic E-state index is -0.476. The largest absolute Gasteiger partial charge is 0.493 e. The average molecular weight is 334 g/mol. The minimum absolute atomic E-state index is 0.397. The summed E-state index contributed by atoms with van der Waals surface area (Å²) in [6.07, 6.45) is 1.42. The second-order valence-corrected chi connectivity index (χ2v) is 5.08. The number of methoxy groups -OCH3 is 1. The molecule has 2 aromatic carbocycles. The molecule has 0 spiro atoms. The van der Waals surface area contributed by atoms with Crippen LogP contribution in [0.15, 0.2) is 47.6 Å². The molecule has 0 radical (unpaired) electrons. The van der Waals surface area contributed by atoms with E-state index in [2.05, 4.69) is 9.99 Å². The average Bonchev–Trinajstić information content (AvgIpc) is 2.54. The SMILES string of the molecule is COc1cc(/C=N/OC(C)=O)ccc1OCc1ccc(Cl)cc1. The molecular weight excluding hydrogens is 318 g/mol. The molecule has 5 nitrogen and oxygen atoms in total. The molecule has 6 heteroatoms. The van der Waals surface area contributed by atoms with Crippen molar-refractivity contribution < 1.29 is 19.1 Å². The Hall–Kier alpha value is -2.53. The quantitative estimate of drug-likeness (QED) is 0.458. The van der Waals surface area contributed by atoms with Crippen molar-refractivity contribution in [1.29, 1.82) is 0 Å². The van der Waals surface area contributed by atoms with Gasteiger partial charge in [0, 0.05) is 17.5 Å². The van der Waals surface area contributed by atoms with E-state index in [9.17, 15) is 4.79 Å². The van der Waals surface area contributed by atoms with Crippen LogP contribution in [0, 0.1) is 0 Å². The summed E-state index contributed by atoms with van der Waals surface area (Å²) in [7, 11) is 1.55. The smallest absolute Gasteiger partial charge is 0.331 e. The highest BCUT2D eigenvalue weighted by atomic mass is 35.5. The zero-order valence-electron chi connectivity index (χ0n) is 12.8. The standard InChI is InChI=1S/C17H16ClNO4/c1-12(20)23-19-10-14-5-8-16(17(9-14)21-2)22-11-13-3-6-15(18)7-4-13/h3-10H,11H2,1-2H3/b19-10+. The van der Waals surface area contributed by atoms with Gasteiger partial charge < -0.3 is 14.3 Å². The van der Waals surface area contributed by atoms with Crippen molar-refractivity contribution in [2.75, 3.05) is 7.11 Å². The molecule has 2 aromatic rings. The first-order chi connectivity index (χ1) is 11.1. The van der Waals surface area contributed by atoms with Gasteiger partial charge in [0.2, 0.25) is 0 Å². The van der Waals surface area contributed by atoms with Gasteiger partial charge >= 0.3 is 5.97 Å². The second-order valence-electron chi connectivity index (χ2n) is 4.64. The van der Waals surface area contributed by atoms with Gasteiger partial charge in [-0.25, -0.2) is 4.79 Å². The summed E-state index contributed by atoms with van der Waals surface area (Å²) in [5.74, 6) is 0.689. The summed E-state index contributed by atoms with van der Waals surface area (Å²) in [5, 5.41) is 4.25. The highest BCUT2D eigenvalue weighted by Crippen LogP contribution is 2.28. The number of carbonyl (C=O) groups is 1. The van der Waals surface area contributed by atoms with E-state index >= 15 is 0 Å². The predicted octanol–water partition coefficient (Wildman–Crippen LogP) is 3.82. The second kappa shape index (κ2) is 8.19. The van der Waals surface area contributed by atoms with Crippen LogP contribution in [-0.4, -0.2) is 19.3 Å². The first kappa shape index (κ1) is 16.8. The van der Waals surface area contributed by atoms with Crippen LogP contribution in [0.25, 0.3) is 0 Å². The zero-order valence-corrected chi connectivity index (χ0v) is 13.5. The van der Waals surface area contributed by atoms with Gasteiger partial charge in [-0.1, -0.05) is 28.9 Å². The number of oxime groups is 1. The van der Waals surface area contributed by atoms with Crippen molar-refractivity contribution in [2.45, 2.75) is 13.5 Å². The normalized spacial score (nSPS) is 10.6. The number of halogens is 1. The molecule has 0 aliphatic carbocycles. The van der Waals surface area contributed by atoms with Crippen LogP contribution in [0.3, 0.4) is 0 Å². The van der Waals surface area contributed by atoms with Crippen molar-refractivity contribution in [3.8, 4) is 11.5 Å². The topological polar surface area (TPSA) is 57.1 Å². The molecule has 0 saturated heterocycles. The lowest BCUT2D eigenvalue weighted by atomic mass is 10.2. The van der Waals surface area contributed by atoms with Gasteiger partial charge in [-0.15, -0.1) is 0 Å². The van der Waals surface area contributed by atoms with E-state index < -0.39 is 5.97 Å². The first-order valence-electron chi connectivity index (χ1n) is 6.84. The van der Waals surface area contributed by atoms with Gasteiger partial charge in [0.05, 0.1) is 13.3 Å². The van der Waals surface area contributed by atoms with Crippen LogP contribution in [-0.2, 0) is 16.2 Å². The van der Waals surface area contributed by atoms with Crippen molar-refractivity contribution in [3.63, 3.8) is 0 Å². The Balaban J connectivity index is 2.05. The third-order valence-electron chi connectivity index (χ3n) is 2.88. The molecule has 0 amide bonds. The zero-order chi connectivity index (χ0) is 16.7. The lowest BCUT2D eigenvalue weighted by Crippen LogP contribution is -1.98. The number of rotatable bonds is 6. The number of nitrogens with zero attached hydrogens (tertiary/aromatic N) is 1. The van der Waals surface area contributed by atoms with Crippen molar-refractivity contribution in [1.82, 2.24) is 0 Å². The van der Waals surface area contributed by atoms with Gasteiger partial charge in [-0.05, 0) is 35.9 Å². The van der Waals surface area contributed by atoms with E-state index in [-0.39, 0.29) is 0 Å². The summed E-state index contributed by atoms with van der Waals surface area (Å²) in [5.41, 5.74) is 1.72. The number of hydrogen-bond donors (Lipinski definition) is 0. The fourth-order valence-corrected chi connectivity index (χ4v) is 1.91. The Bertz CT molecular complexity index is 698. The Morgan fingerprint density at radius 2 is 1.91 bits per heavy atom. The highest BCUT2D eigenvalue weighted by Gasteiger charge is 2.06. The van der Waals surface area contributed by atoms with Gasteiger partial charge in [0.25, 0.3) is 0 Å². The van der Waals surface area contributed by atoms with Gasteiger partial charge in [0.15, 0.2) is 11.5 Å². The van der Waals surface area contributed by atoms with Gasteiger partial charge in [-0.2, -0.15) is 0 Å². The van der Waals surface area contributed by atoms with E-state index in [1.54, 1.807) is 25.3 Å². The summed E-state index contributed by atoms with van der Waals surface area (Å²) in [6, 6.07) is 12.7. The number of ether oxygens (including phenoxy) is 2. The maximum atomic E-state index is 10.7. The molecule has 0 heterocycles. The Morgan fingerprint density at radius 3 is 2.57 bits per heavy atom. The molecule has 0 aliphatic rings. The number of benzene rings is 2. The summed E-state index contributed by atoms with van der Waals surface area (Å²) in [4.78, 5) is 15.2. The summed E-state index contributed by atoms with van der Waals surface area (Å²) in [6.45, 7) is 1.68. The van der Waals surface area contributed by atoms with Crippen molar-refractivity contribution in [3.05, 3.63) is 58.6 Å². The Kier molecular flexibility index (Phi) is 6.00. The third-order valence-corrected chi connectivity index (χ3v) is 3.13. The van der Waals surface area contributed by atoms with Crippen LogP contribution >= 0.6 is 11.6 Å². The Labute approximate surface area is 139 Å². The fourth-order valence-electron chi connectivity index (χ4n) is 1.79. The molecule has 23 heavy (non-hydrogen) atoms. The molecular formula is C17H16ClNO4. The molecule has 0 N–H and O–H groups in total. The van der Waals surface area contributed by atoms with E-state index in [1.165, 1.54) is 13.1 Å². The van der Waals surface area contributed by atoms with Crippen LogP contribution in [0.5, 0.6) is 11.5 Å². The first-order valence-corrected chi connectivity index (χ1v) is 7.22. The van der Waals surface area contributed by atoms with Crippen molar-refractivity contribution in [2.24, 2.45) is 5.16 Å². The highest BCUT2D eigenvalue weighted by molar-refractivity contribution is 6.30.